The van der Waals surface area contributed by atoms with Crippen molar-refractivity contribution in [3.05, 3.63) is 64.2 Å². The molecule has 0 amide bonds. The number of morpholine rings is 1. The van der Waals surface area contributed by atoms with E-state index in [1.807, 2.05) is 48.5 Å². The van der Waals surface area contributed by atoms with E-state index in [-0.39, 0.29) is 10.6 Å². The molecule has 0 spiro atoms. The molecule has 0 atom stereocenters. The molecular formula is C18H20N4O3. The van der Waals surface area contributed by atoms with Crippen molar-refractivity contribution < 1.29 is 9.66 Å². The van der Waals surface area contributed by atoms with Crippen LogP contribution in [0.15, 0.2) is 53.6 Å². The van der Waals surface area contributed by atoms with Crippen molar-refractivity contribution >= 4 is 23.3 Å². The zero-order valence-corrected chi connectivity index (χ0v) is 14.0. The second-order valence-electron chi connectivity index (χ2n) is 5.71. The van der Waals surface area contributed by atoms with E-state index in [0.29, 0.717) is 24.5 Å². The first-order chi connectivity index (χ1) is 12.1. The van der Waals surface area contributed by atoms with E-state index in [9.17, 15) is 10.1 Å². The highest BCUT2D eigenvalue weighted by atomic mass is 16.6. The van der Waals surface area contributed by atoms with Gasteiger partial charge in [0, 0.05) is 24.4 Å². The van der Waals surface area contributed by atoms with Crippen LogP contribution in [0, 0.1) is 10.1 Å². The number of nitro groups is 1. The molecule has 1 fully saturated rings. The Morgan fingerprint density at radius 2 is 1.92 bits per heavy atom. The number of ether oxygens (including phenoxy) is 1. The number of rotatable bonds is 5. The van der Waals surface area contributed by atoms with Gasteiger partial charge in [-0.15, -0.1) is 0 Å². The molecule has 7 nitrogen and oxygen atoms in total. The van der Waals surface area contributed by atoms with E-state index in [4.69, 9.17) is 4.74 Å². The molecule has 1 saturated heterocycles. The van der Waals surface area contributed by atoms with E-state index in [1.54, 1.807) is 23.2 Å². The third-order valence-electron chi connectivity index (χ3n) is 4.06. The molecule has 0 N–H and O–H groups in total. The molecule has 2 aromatic rings. The SMILES string of the molecule is CN(c1ccccc1)c1ccc(/C=N\N2CCOCC2)cc1[N+](=O)[O-]. The molecule has 0 unspecified atom stereocenters. The normalized spacial score (nSPS) is 14.7. The first kappa shape index (κ1) is 16.9. The van der Waals surface area contributed by atoms with Crippen LogP contribution in [0.3, 0.4) is 0 Å². The van der Waals surface area contributed by atoms with Crippen molar-refractivity contribution in [1.29, 1.82) is 0 Å². The van der Waals surface area contributed by atoms with Gasteiger partial charge in [0.25, 0.3) is 5.69 Å². The van der Waals surface area contributed by atoms with Crippen molar-refractivity contribution in [1.82, 2.24) is 5.01 Å². The summed E-state index contributed by atoms with van der Waals surface area (Å²) in [7, 11) is 1.82. The van der Waals surface area contributed by atoms with Crippen LogP contribution in [0.1, 0.15) is 5.56 Å². The lowest BCUT2D eigenvalue weighted by Crippen LogP contribution is -2.32. The van der Waals surface area contributed by atoms with Crippen molar-refractivity contribution in [2.24, 2.45) is 5.10 Å². The van der Waals surface area contributed by atoms with E-state index in [0.717, 1.165) is 18.8 Å². The highest BCUT2D eigenvalue weighted by Gasteiger charge is 2.18. The fourth-order valence-electron chi connectivity index (χ4n) is 2.66. The first-order valence-corrected chi connectivity index (χ1v) is 8.09. The fraction of sp³-hybridized carbons (Fsp3) is 0.278. The smallest absolute Gasteiger partial charge is 0.293 e. The molecule has 2 aromatic carbocycles. The van der Waals surface area contributed by atoms with Crippen molar-refractivity contribution in [2.75, 3.05) is 38.3 Å². The quantitative estimate of drug-likeness (QED) is 0.475. The average Bonchev–Trinajstić information content (AvgIpc) is 2.67. The predicted molar refractivity (Wildman–Crippen MR) is 97.6 cm³/mol. The number of anilines is 2. The molecule has 1 aliphatic rings. The molecular weight excluding hydrogens is 320 g/mol. The summed E-state index contributed by atoms with van der Waals surface area (Å²) in [6, 6.07) is 14.7. The number of hydrogen-bond acceptors (Lipinski definition) is 6. The number of hydrogen-bond donors (Lipinski definition) is 0. The summed E-state index contributed by atoms with van der Waals surface area (Å²) in [4.78, 5) is 13.0. The standard InChI is InChI=1S/C18H20N4O3/c1-20(16-5-3-2-4-6-16)17-8-7-15(13-18(17)22(23)24)14-19-21-9-11-25-12-10-21/h2-8,13-14H,9-12H2,1H3/b19-14-. The second-order valence-corrected chi connectivity index (χ2v) is 5.71. The Hall–Kier alpha value is -2.93. The number of para-hydroxylation sites is 1. The molecule has 7 heteroatoms. The maximum Gasteiger partial charge on any atom is 0.293 e. The Morgan fingerprint density at radius 3 is 2.60 bits per heavy atom. The van der Waals surface area contributed by atoms with Crippen LogP contribution in [0.4, 0.5) is 17.1 Å². The van der Waals surface area contributed by atoms with E-state index < -0.39 is 0 Å². The fourth-order valence-corrected chi connectivity index (χ4v) is 2.66. The maximum absolute atomic E-state index is 11.5. The van der Waals surface area contributed by atoms with Gasteiger partial charge in [-0.25, -0.2) is 0 Å². The second kappa shape index (κ2) is 7.76. The Balaban J connectivity index is 1.85. The summed E-state index contributed by atoms with van der Waals surface area (Å²) in [5, 5.41) is 17.8. The number of nitro benzene ring substituents is 1. The van der Waals surface area contributed by atoms with Gasteiger partial charge in [-0.05, 0) is 18.2 Å². The minimum Gasteiger partial charge on any atom is -0.378 e. The zero-order valence-electron chi connectivity index (χ0n) is 14.0. The summed E-state index contributed by atoms with van der Waals surface area (Å²) in [6.45, 7) is 2.76. The minimum absolute atomic E-state index is 0.0530. The van der Waals surface area contributed by atoms with Gasteiger partial charge in [0.15, 0.2) is 0 Å². The lowest BCUT2D eigenvalue weighted by atomic mass is 10.1. The van der Waals surface area contributed by atoms with Gasteiger partial charge in [-0.1, -0.05) is 24.3 Å². The minimum atomic E-state index is -0.360. The van der Waals surface area contributed by atoms with Gasteiger partial charge in [-0.2, -0.15) is 5.10 Å². The third-order valence-corrected chi connectivity index (χ3v) is 4.06. The van der Waals surface area contributed by atoms with Gasteiger partial charge in [0.05, 0.1) is 37.4 Å². The first-order valence-electron chi connectivity index (χ1n) is 8.09. The molecule has 1 aliphatic heterocycles. The molecule has 3 rings (SSSR count). The Bertz CT molecular complexity index is 758. The van der Waals surface area contributed by atoms with Crippen LogP contribution in [0.25, 0.3) is 0 Å². The van der Waals surface area contributed by atoms with E-state index in [2.05, 4.69) is 5.10 Å². The number of benzene rings is 2. The monoisotopic (exact) mass is 340 g/mol. The van der Waals surface area contributed by atoms with Crippen LogP contribution < -0.4 is 4.90 Å². The molecule has 0 bridgehead atoms. The van der Waals surface area contributed by atoms with Gasteiger partial charge in [0.1, 0.15) is 5.69 Å². The summed E-state index contributed by atoms with van der Waals surface area (Å²) < 4.78 is 5.28. The van der Waals surface area contributed by atoms with Crippen LogP contribution in [0.2, 0.25) is 0 Å². The topological polar surface area (TPSA) is 71.2 Å². The Kier molecular flexibility index (Phi) is 5.25. The number of nitrogens with zero attached hydrogens (tertiary/aromatic N) is 4. The predicted octanol–water partition coefficient (Wildman–Crippen LogP) is 3.03. The molecule has 25 heavy (non-hydrogen) atoms. The largest absolute Gasteiger partial charge is 0.378 e. The van der Waals surface area contributed by atoms with E-state index in [1.165, 1.54) is 0 Å². The van der Waals surface area contributed by atoms with Crippen LogP contribution in [-0.4, -0.2) is 49.5 Å². The molecule has 1 heterocycles. The molecule has 0 radical (unpaired) electrons. The van der Waals surface area contributed by atoms with Crippen LogP contribution >= 0.6 is 0 Å². The molecule has 130 valence electrons. The summed E-state index contributed by atoms with van der Waals surface area (Å²) in [5.74, 6) is 0. The van der Waals surface area contributed by atoms with Crippen LogP contribution in [-0.2, 0) is 4.74 Å². The van der Waals surface area contributed by atoms with Gasteiger partial charge < -0.3 is 9.64 Å². The number of hydrazone groups is 1. The van der Waals surface area contributed by atoms with Gasteiger partial charge in [-0.3, -0.25) is 15.1 Å². The van der Waals surface area contributed by atoms with Crippen molar-refractivity contribution in [2.45, 2.75) is 0 Å². The molecule has 0 aromatic heterocycles. The summed E-state index contributed by atoms with van der Waals surface area (Å²) >= 11 is 0. The lowest BCUT2D eigenvalue weighted by Gasteiger charge is -2.23. The summed E-state index contributed by atoms with van der Waals surface area (Å²) in [6.07, 6.45) is 1.66. The lowest BCUT2D eigenvalue weighted by molar-refractivity contribution is -0.384. The van der Waals surface area contributed by atoms with Crippen molar-refractivity contribution in [3.8, 4) is 0 Å². The average molecular weight is 340 g/mol. The summed E-state index contributed by atoms with van der Waals surface area (Å²) in [5.41, 5.74) is 2.18. The van der Waals surface area contributed by atoms with E-state index >= 15 is 0 Å². The van der Waals surface area contributed by atoms with Crippen molar-refractivity contribution in [3.63, 3.8) is 0 Å². The van der Waals surface area contributed by atoms with Gasteiger partial charge >= 0.3 is 0 Å². The van der Waals surface area contributed by atoms with Gasteiger partial charge in [0.2, 0.25) is 0 Å². The molecule has 0 aliphatic carbocycles. The Labute approximate surface area is 146 Å². The third kappa shape index (κ3) is 4.13. The highest BCUT2D eigenvalue weighted by Crippen LogP contribution is 2.32. The zero-order chi connectivity index (χ0) is 17.6. The molecule has 0 saturated carbocycles. The van der Waals surface area contributed by atoms with Crippen LogP contribution in [0.5, 0.6) is 0 Å². The highest BCUT2D eigenvalue weighted by molar-refractivity contribution is 5.84. The Morgan fingerprint density at radius 1 is 1.20 bits per heavy atom. The maximum atomic E-state index is 11.5.